The Bertz CT molecular complexity index is 464. The minimum Gasteiger partial charge on any atom is -0.492 e. The lowest BCUT2D eigenvalue weighted by atomic mass is 9.99. The van der Waals surface area contributed by atoms with Crippen molar-refractivity contribution < 1.29 is 14.3 Å². The van der Waals surface area contributed by atoms with E-state index in [1.165, 1.54) is 0 Å². The van der Waals surface area contributed by atoms with Crippen LogP contribution in [-0.4, -0.2) is 25.2 Å². The Kier molecular flexibility index (Phi) is 6.30. The molecule has 1 aromatic rings. The first-order valence-corrected chi connectivity index (χ1v) is 7.13. The van der Waals surface area contributed by atoms with Gasteiger partial charge < -0.3 is 14.8 Å². The van der Waals surface area contributed by atoms with Crippen molar-refractivity contribution in [3.63, 3.8) is 0 Å². The maximum atomic E-state index is 12.3. The Balaban J connectivity index is 2.82. The van der Waals surface area contributed by atoms with Crippen molar-refractivity contribution in [1.29, 1.82) is 0 Å². The Morgan fingerprint density at radius 1 is 1.40 bits per heavy atom. The second-order valence-electron chi connectivity index (χ2n) is 4.72. The van der Waals surface area contributed by atoms with E-state index in [4.69, 9.17) is 21.1 Å². The highest BCUT2D eigenvalue weighted by atomic mass is 35.5. The summed E-state index contributed by atoms with van der Waals surface area (Å²) >= 11 is 6.09. The summed E-state index contributed by atoms with van der Waals surface area (Å²) in [5.74, 6) is 0.428. The van der Waals surface area contributed by atoms with Gasteiger partial charge in [0.05, 0.1) is 11.6 Å². The van der Waals surface area contributed by atoms with Gasteiger partial charge in [0, 0.05) is 12.8 Å². The molecular formula is C15H22ClNO3. The predicted molar refractivity (Wildman–Crippen MR) is 81.6 cm³/mol. The summed E-state index contributed by atoms with van der Waals surface area (Å²) in [6.07, 6.45) is 1.52. The van der Waals surface area contributed by atoms with E-state index in [2.05, 4.69) is 5.32 Å². The van der Waals surface area contributed by atoms with Crippen molar-refractivity contribution in [3.05, 3.63) is 23.2 Å². The summed E-state index contributed by atoms with van der Waals surface area (Å²) in [7, 11) is 1.54. The summed E-state index contributed by atoms with van der Waals surface area (Å²) in [4.78, 5) is 12.3. The van der Waals surface area contributed by atoms with Gasteiger partial charge in [-0.05, 0) is 38.5 Å². The fourth-order valence-electron chi connectivity index (χ4n) is 1.90. The van der Waals surface area contributed by atoms with E-state index < -0.39 is 5.60 Å². The molecule has 1 N–H and O–H groups in total. The van der Waals surface area contributed by atoms with E-state index in [1.54, 1.807) is 32.2 Å². The van der Waals surface area contributed by atoms with Crippen molar-refractivity contribution >= 4 is 23.2 Å². The van der Waals surface area contributed by atoms with Crippen LogP contribution >= 0.6 is 11.6 Å². The molecule has 1 unspecified atom stereocenters. The molecule has 1 atom stereocenters. The maximum absolute atomic E-state index is 12.3. The van der Waals surface area contributed by atoms with Crippen molar-refractivity contribution in [3.8, 4) is 5.75 Å². The lowest BCUT2D eigenvalue weighted by Gasteiger charge is -2.26. The van der Waals surface area contributed by atoms with Crippen LogP contribution in [0.4, 0.5) is 5.69 Å². The molecule has 0 bridgehead atoms. The molecule has 0 heterocycles. The number of hydrogen-bond acceptors (Lipinski definition) is 3. The number of nitrogens with one attached hydrogen (secondary N) is 1. The molecule has 1 rings (SSSR count). The molecule has 20 heavy (non-hydrogen) atoms. The monoisotopic (exact) mass is 299 g/mol. The van der Waals surface area contributed by atoms with Gasteiger partial charge in [0.25, 0.3) is 5.91 Å². The molecule has 4 nitrogen and oxygen atoms in total. The Labute approximate surface area is 125 Å². The highest BCUT2D eigenvalue weighted by Crippen LogP contribution is 2.28. The minimum absolute atomic E-state index is 0.179. The summed E-state index contributed by atoms with van der Waals surface area (Å²) in [5.41, 5.74) is -0.206. The lowest BCUT2D eigenvalue weighted by Crippen LogP contribution is -2.41. The van der Waals surface area contributed by atoms with Crippen LogP contribution in [0.2, 0.25) is 5.02 Å². The highest BCUT2D eigenvalue weighted by Gasteiger charge is 2.32. The summed E-state index contributed by atoms with van der Waals surface area (Å²) in [6.45, 7) is 6.23. The fourth-order valence-corrected chi connectivity index (χ4v) is 2.13. The van der Waals surface area contributed by atoms with Gasteiger partial charge in [0.1, 0.15) is 11.4 Å². The summed E-state index contributed by atoms with van der Waals surface area (Å²) in [5, 5.41) is 3.30. The van der Waals surface area contributed by atoms with E-state index in [1.807, 2.05) is 13.8 Å². The number of carbonyl (C=O) groups is 1. The second-order valence-corrected chi connectivity index (χ2v) is 5.12. The molecule has 0 aliphatic carbocycles. The van der Waals surface area contributed by atoms with Crippen LogP contribution in [0.1, 0.15) is 33.6 Å². The van der Waals surface area contributed by atoms with E-state index in [9.17, 15) is 4.79 Å². The normalized spacial score (nSPS) is 13.7. The number of hydrogen-bond donors (Lipinski definition) is 1. The zero-order valence-corrected chi connectivity index (χ0v) is 13.2. The van der Waals surface area contributed by atoms with Gasteiger partial charge in [-0.3, -0.25) is 4.79 Å². The van der Waals surface area contributed by atoms with Gasteiger partial charge in [-0.2, -0.15) is 0 Å². The topological polar surface area (TPSA) is 47.6 Å². The summed E-state index contributed by atoms with van der Waals surface area (Å²) < 4.78 is 10.7. The van der Waals surface area contributed by atoms with Crippen LogP contribution < -0.4 is 10.1 Å². The Morgan fingerprint density at radius 3 is 2.60 bits per heavy atom. The molecule has 0 aliphatic rings. The summed E-state index contributed by atoms with van der Waals surface area (Å²) in [6, 6.07) is 5.18. The average molecular weight is 300 g/mol. The Hall–Kier alpha value is -1.26. The largest absolute Gasteiger partial charge is 0.492 e. The molecule has 0 fully saturated rings. The standard InChI is InChI=1S/C15H22ClNO3/c1-5-9-15(3,19-4)14(18)17-11-7-8-13(20-6-2)12(16)10-11/h7-8,10H,5-6,9H2,1-4H3,(H,17,18). The number of halogens is 1. The molecule has 112 valence electrons. The molecule has 0 radical (unpaired) electrons. The van der Waals surface area contributed by atoms with Gasteiger partial charge >= 0.3 is 0 Å². The van der Waals surface area contributed by atoms with Gasteiger partial charge in [-0.1, -0.05) is 24.9 Å². The molecule has 0 aromatic heterocycles. The van der Waals surface area contributed by atoms with Gasteiger partial charge in [0.2, 0.25) is 0 Å². The molecule has 0 spiro atoms. The number of benzene rings is 1. The van der Waals surface area contributed by atoms with Crippen molar-refractivity contribution in [2.75, 3.05) is 19.0 Å². The first-order chi connectivity index (χ1) is 9.46. The lowest BCUT2D eigenvalue weighted by molar-refractivity contribution is -0.136. The van der Waals surface area contributed by atoms with Crippen LogP contribution in [0.15, 0.2) is 18.2 Å². The molecule has 1 aromatic carbocycles. The van der Waals surface area contributed by atoms with Gasteiger partial charge in [0.15, 0.2) is 0 Å². The van der Waals surface area contributed by atoms with Gasteiger partial charge in [-0.15, -0.1) is 0 Å². The van der Waals surface area contributed by atoms with Crippen LogP contribution in [-0.2, 0) is 9.53 Å². The second kappa shape index (κ2) is 7.50. The first-order valence-electron chi connectivity index (χ1n) is 6.75. The Morgan fingerprint density at radius 2 is 2.10 bits per heavy atom. The molecule has 0 saturated carbocycles. The number of amides is 1. The minimum atomic E-state index is -0.834. The zero-order valence-electron chi connectivity index (χ0n) is 12.5. The SMILES string of the molecule is CCCC(C)(OC)C(=O)Nc1ccc(OCC)c(Cl)c1. The zero-order chi connectivity index (χ0) is 15.2. The predicted octanol–water partition coefficient (Wildman–Crippen LogP) is 3.88. The van der Waals surface area contributed by atoms with Crippen LogP contribution in [0.25, 0.3) is 0 Å². The number of anilines is 1. The molecule has 5 heteroatoms. The number of methoxy groups -OCH3 is 1. The van der Waals surface area contributed by atoms with E-state index in [0.717, 1.165) is 6.42 Å². The number of carbonyl (C=O) groups excluding carboxylic acids is 1. The maximum Gasteiger partial charge on any atom is 0.256 e. The molecule has 0 aliphatic heterocycles. The third-order valence-electron chi connectivity index (χ3n) is 3.15. The first kappa shape index (κ1) is 16.8. The number of rotatable bonds is 7. The van der Waals surface area contributed by atoms with Gasteiger partial charge in [-0.25, -0.2) is 0 Å². The fraction of sp³-hybridized carbons (Fsp3) is 0.533. The van der Waals surface area contributed by atoms with E-state index in [0.29, 0.717) is 29.5 Å². The van der Waals surface area contributed by atoms with Crippen molar-refractivity contribution in [1.82, 2.24) is 0 Å². The average Bonchev–Trinajstić information content (AvgIpc) is 2.42. The smallest absolute Gasteiger partial charge is 0.256 e. The quantitative estimate of drug-likeness (QED) is 0.831. The third-order valence-corrected chi connectivity index (χ3v) is 3.44. The highest BCUT2D eigenvalue weighted by molar-refractivity contribution is 6.32. The van der Waals surface area contributed by atoms with Crippen molar-refractivity contribution in [2.45, 2.75) is 39.2 Å². The van der Waals surface area contributed by atoms with E-state index in [-0.39, 0.29) is 5.91 Å². The number of ether oxygens (including phenoxy) is 2. The third kappa shape index (κ3) is 4.12. The molecule has 1 amide bonds. The van der Waals surface area contributed by atoms with Crippen LogP contribution in [0.3, 0.4) is 0 Å². The molecular weight excluding hydrogens is 278 g/mol. The van der Waals surface area contributed by atoms with Crippen molar-refractivity contribution in [2.24, 2.45) is 0 Å². The van der Waals surface area contributed by atoms with Crippen LogP contribution in [0.5, 0.6) is 5.75 Å². The molecule has 0 saturated heterocycles. The van der Waals surface area contributed by atoms with E-state index >= 15 is 0 Å². The van der Waals surface area contributed by atoms with Crippen LogP contribution in [0, 0.1) is 0 Å².